The number of anilines is 1. The van der Waals surface area contributed by atoms with Crippen molar-refractivity contribution in [2.24, 2.45) is 11.8 Å². The van der Waals surface area contributed by atoms with Crippen LogP contribution in [0.5, 0.6) is 0 Å². The quantitative estimate of drug-likeness (QED) is 0.858. The Labute approximate surface area is 132 Å². The summed E-state index contributed by atoms with van der Waals surface area (Å²) in [6.07, 6.45) is 3.11. The van der Waals surface area contributed by atoms with E-state index in [0.717, 1.165) is 49.7 Å². The van der Waals surface area contributed by atoms with E-state index >= 15 is 0 Å². The van der Waals surface area contributed by atoms with E-state index in [9.17, 15) is 4.79 Å². The van der Waals surface area contributed by atoms with Gasteiger partial charge in [0.2, 0.25) is 5.91 Å². The molecule has 22 heavy (non-hydrogen) atoms. The number of nitrogens with zero attached hydrogens (tertiary/aromatic N) is 4. The molecule has 1 aromatic heterocycles. The fourth-order valence-electron chi connectivity index (χ4n) is 3.45. The Morgan fingerprint density at radius 3 is 2.45 bits per heavy atom. The van der Waals surface area contributed by atoms with E-state index in [4.69, 9.17) is 0 Å². The van der Waals surface area contributed by atoms with E-state index in [0.29, 0.717) is 17.9 Å². The third kappa shape index (κ3) is 3.08. The normalized spacial score (nSPS) is 25.2. The number of amides is 1. The SMILES string of the molecule is Cc1cc(N2CCC(N(C)C(=O)[C@@H]3C[C@@H]3C)CC2)nc(C)n1. The lowest BCUT2D eigenvalue weighted by Crippen LogP contribution is -2.46. The summed E-state index contributed by atoms with van der Waals surface area (Å²) in [4.78, 5) is 25.5. The van der Waals surface area contributed by atoms with Crippen LogP contribution >= 0.6 is 0 Å². The minimum atomic E-state index is 0.287. The lowest BCUT2D eigenvalue weighted by molar-refractivity contribution is -0.134. The fraction of sp³-hybridized carbons (Fsp3) is 0.706. The maximum absolute atomic E-state index is 12.3. The monoisotopic (exact) mass is 302 g/mol. The largest absolute Gasteiger partial charge is 0.356 e. The predicted molar refractivity (Wildman–Crippen MR) is 86.8 cm³/mol. The van der Waals surface area contributed by atoms with Crippen molar-refractivity contribution >= 4 is 11.7 Å². The molecule has 5 heteroatoms. The Balaban J connectivity index is 1.59. The molecule has 2 heterocycles. The number of carbonyl (C=O) groups is 1. The lowest BCUT2D eigenvalue weighted by atomic mass is 10.0. The summed E-state index contributed by atoms with van der Waals surface area (Å²) in [5.41, 5.74) is 1.01. The molecule has 0 radical (unpaired) electrons. The zero-order valence-electron chi connectivity index (χ0n) is 14.0. The van der Waals surface area contributed by atoms with Crippen LogP contribution in [-0.2, 0) is 4.79 Å². The molecule has 0 bridgehead atoms. The summed E-state index contributed by atoms with van der Waals surface area (Å²) in [5.74, 6) is 3.07. The number of hydrogen-bond donors (Lipinski definition) is 0. The molecule has 2 atom stereocenters. The highest BCUT2D eigenvalue weighted by Gasteiger charge is 2.42. The molecular weight excluding hydrogens is 276 g/mol. The van der Waals surface area contributed by atoms with Crippen molar-refractivity contribution in [1.82, 2.24) is 14.9 Å². The standard InChI is InChI=1S/C17H26N4O/c1-11-9-15(11)17(22)20(4)14-5-7-21(8-6-14)16-10-12(2)18-13(3)19-16/h10-11,14-15H,5-9H2,1-4H3/t11-,15+/m0/s1. The second-order valence-corrected chi connectivity index (χ2v) is 6.90. The third-order valence-electron chi connectivity index (χ3n) is 5.06. The molecule has 0 unspecified atom stereocenters. The summed E-state index contributed by atoms with van der Waals surface area (Å²) in [6.45, 7) is 8.02. The van der Waals surface area contributed by atoms with Crippen molar-refractivity contribution < 1.29 is 4.79 Å². The Morgan fingerprint density at radius 1 is 1.27 bits per heavy atom. The maximum atomic E-state index is 12.3. The molecule has 3 rings (SSSR count). The molecule has 2 fully saturated rings. The number of piperidine rings is 1. The third-order valence-corrected chi connectivity index (χ3v) is 5.06. The van der Waals surface area contributed by atoms with Gasteiger partial charge in [-0.05, 0) is 39.0 Å². The number of hydrogen-bond acceptors (Lipinski definition) is 4. The van der Waals surface area contributed by atoms with Crippen LogP contribution in [0.4, 0.5) is 5.82 Å². The van der Waals surface area contributed by atoms with Gasteiger partial charge < -0.3 is 9.80 Å². The predicted octanol–water partition coefficient (Wildman–Crippen LogP) is 2.18. The first-order valence-corrected chi connectivity index (χ1v) is 8.29. The van der Waals surface area contributed by atoms with Crippen molar-refractivity contribution in [2.75, 3.05) is 25.0 Å². The average molecular weight is 302 g/mol. The van der Waals surface area contributed by atoms with Gasteiger partial charge in [-0.3, -0.25) is 4.79 Å². The molecule has 1 aromatic rings. The van der Waals surface area contributed by atoms with Crippen LogP contribution in [0.15, 0.2) is 6.07 Å². The minimum Gasteiger partial charge on any atom is -0.356 e. The first kappa shape index (κ1) is 15.3. The molecule has 1 aliphatic heterocycles. The summed E-state index contributed by atoms with van der Waals surface area (Å²) in [6, 6.07) is 2.43. The Bertz CT molecular complexity index is 546. The van der Waals surface area contributed by atoms with Gasteiger partial charge in [0.25, 0.3) is 0 Å². The van der Waals surface area contributed by atoms with Crippen LogP contribution in [0.25, 0.3) is 0 Å². The topological polar surface area (TPSA) is 49.3 Å². The van der Waals surface area contributed by atoms with E-state index in [1.54, 1.807) is 0 Å². The van der Waals surface area contributed by atoms with Crippen LogP contribution in [-0.4, -0.2) is 47.0 Å². The molecule has 1 saturated carbocycles. The zero-order valence-corrected chi connectivity index (χ0v) is 14.0. The van der Waals surface area contributed by atoms with Gasteiger partial charge in [0.05, 0.1) is 0 Å². The number of carbonyl (C=O) groups excluding carboxylic acids is 1. The van der Waals surface area contributed by atoms with Crippen LogP contribution in [0.3, 0.4) is 0 Å². The van der Waals surface area contributed by atoms with Gasteiger partial charge in [-0.25, -0.2) is 9.97 Å². The zero-order chi connectivity index (χ0) is 15.9. The van der Waals surface area contributed by atoms with Gasteiger partial charge in [0.15, 0.2) is 0 Å². The van der Waals surface area contributed by atoms with Crippen molar-refractivity contribution in [3.05, 3.63) is 17.6 Å². The van der Waals surface area contributed by atoms with E-state index in [-0.39, 0.29) is 5.92 Å². The maximum Gasteiger partial charge on any atom is 0.225 e. The smallest absolute Gasteiger partial charge is 0.225 e. The molecule has 2 aliphatic rings. The van der Waals surface area contributed by atoms with Crippen molar-refractivity contribution in [2.45, 2.75) is 46.1 Å². The van der Waals surface area contributed by atoms with E-state index < -0.39 is 0 Å². The van der Waals surface area contributed by atoms with Gasteiger partial charge >= 0.3 is 0 Å². The highest BCUT2D eigenvalue weighted by molar-refractivity contribution is 5.81. The minimum absolute atomic E-state index is 0.287. The Kier molecular flexibility index (Phi) is 4.06. The van der Waals surface area contributed by atoms with Crippen molar-refractivity contribution in [3.63, 3.8) is 0 Å². The molecule has 1 saturated heterocycles. The highest BCUT2D eigenvalue weighted by atomic mass is 16.2. The van der Waals surface area contributed by atoms with E-state index in [2.05, 4.69) is 21.8 Å². The van der Waals surface area contributed by atoms with Crippen LogP contribution < -0.4 is 4.90 Å². The van der Waals surface area contributed by atoms with Crippen LogP contribution in [0.2, 0.25) is 0 Å². The van der Waals surface area contributed by atoms with Crippen LogP contribution in [0, 0.1) is 25.7 Å². The second kappa shape index (κ2) is 5.86. The molecule has 5 nitrogen and oxygen atoms in total. The molecule has 0 spiro atoms. The van der Waals surface area contributed by atoms with Crippen LogP contribution in [0.1, 0.15) is 37.7 Å². The van der Waals surface area contributed by atoms with Gasteiger partial charge in [0.1, 0.15) is 11.6 Å². The van der Waals surface area contributed by atoms with E-state index in [1.807, 2.05) is 31.9 Å². The number of rotatable bonds is 3. The highest BCUT2D eigenvalue weighted by Crippen LogP contribution is 2.39. The molecule has 1 amide bonds. The molecule has 0 aromatic carbocycles. The van der Waals surface area contributed by atoms with Gasteiger partial charge in [0, 0.05) is 43.9 Å². The average Bonchev–Trinajstić information content (AvgIpc) is 3.22. The molecule has 0 N–H and O–H groups in total. The van der Waals surface area contributed by atoms with Gasteiger partial charge in [-0.1, -0.05) is 6.92 Å². The fourth-order valence-corrected chi connectivity index (χ4v) is 3.45. The van der Waals surface area contributed by atoms with Crippen molar-refractivity contribution in [3.8, 4) is 0 Å². The first-order chi connectivity index (χ1) is 10.5. The number of aromatic nitrogens is 2. The Hall–Kier alpha value is -1.65. The molecule has 1 aliphatic carbocycles. The van der Waals surface area contributed by atoms with Crippen molar-refractivity contribution in [1.29, 1.82) is 0 Å². The van der Waals surface area contributed by atoms with E-state index in [1.165, 1.54) is 0 Å². The summed E-state index contributed by atoms with van der Waals surface area (Å²) >= 11 is 0. The Morgan fingerprint density at radius 2 is 1.91 bits per heavy atom. The van der Waals surface area contributed by atoms with Gasteiger partial charge in [-0.2, -0.15) is 0 Å². The summed E-state index contributed by atoms with van der Waals surface area (Å²) in [7, 11) is 1.98. The molecular formula is C17H26N4O. The second-order valence-electron chi connectivity index (χ2n) is 6.90. The summed E-state index contributed by atoms with van der Waals surface area (Å²) in [5, 5.41) is 0. The molecule has 120 valence electrons. The summed E-state index contributed by atoms with van der Waals surface area (Å²) < 4.78 is 0. The lowest BCUT2D eigenvalue weighted by Gasteiger charge is -2.37. The number of aryl methyl sites for hydroxylation is 2. The van der Waals surface area contributed by atoms with Gasteiger partial charge in [-0.15, -0.1) is 0 Å². The first-order valence-electron chi connectivity index (χ1n) is 8.29.